The van der Waals surface area contributed by atoms with Gasteiger partial charge in [-0.25, -0.2) is 0 Å². The lowest BCUT2D eigenvalue weighted by Crippen LogP contribution is -2.50. The summed E-state index contributed by atoms with van der Waals surface area (Å²) in [5.41, 5.74) is 6.64. The Morgan fingerprint density at radius 2 is 1.94 bits per heavy atom. The quantitative estimate of drug-likeness (QED) is 0.773. The van der Waals surface area contributed by atoms with Gasteiger partial charge in [0.2, 0.25) is 0 Å². The first-order valence-electron chi connectivity index (χ1n) is 6.59. The lowest BCUT2D eigenvalue weighted by atomic mass is 9.57. The van der Waals surface area contributed by atoms with Crippen molar-refractivity contribution in [2.24, 2.45) is 22.5 Å². The van der Waals surface area contributed by atoms with Crippen LogP contribution in [0.3, 0.4) is 0 Å². The van der Waals surface area contributed by atoms with E-state index in [1.165, 1.54) is 0 Å². The Balaban J connectivity index is 2.74. The predicted molar refractivity (Wildman–Crippen MR) is 69.5 cm³/mol. The molecule has 1 aliphatic carbocycles. The van der Waals surface area contributed by atoms with Gasteiger partial charge in [0.1, 0.15) is 0 Å². The lowest BCUT2D eigenvalue weighted by molar-refractivity contribution is -0.146. The third kappa shape index (κ3) is 3.70. The van der Waals surface area contributed by atoms with Crippen LogP contribution in [-0.2, 0) is 9.53 Å². The van der Waals surface area contributed by atoms with Gasteiger partial charge in [-0.05, 0) is 36.5 Å². The van der Waals surface area contributed by atoms with Crippen LogP contribution in [0.15, 0.2) is 0 Å². The molecule has 0 bridgehead atoms. The molecule has 0 amide bonds. The summed E-state index contributed by atoms with van der Waals surface area (Å²) >= 11 is 0. The van der Waals surface area contributed by atoms with Crippen LogP contribution in [-0.4, -0.2) is 18.6 Å². The summed E-state index contributed by atoms with van der Waals surface area (Å²) in [6.45, 7) is 11.2. The van der Waals surface area contributed by atoms with Gasteiger partial charge in [0, 0.05) is 6.04 Å². The largest absolute Gasteiger partial charge is 0.466 e. The van der Waals surface area contributed by atoms with E-state index in [0.29, 0.717) is 13.0 Å². The van der Waals surface area contributed by atoms with E-state index < -0.39 is 0 Å². The van der Waals surface area contributed by atoms with Crippen molar-refractivity contribution in [3.05, 3.63) is 0 Å². The summed E-state index contributed by atoms with van der Waals surface area (Å²) in [5.74, 6) is 0.121. The first-order chi connectivity index (χ1) is 7.68. The molecule has 0 aliphatic heterocycles. The number of nitrogens with two attached hydrogens (primary N) is 1. The van der Waals surface area contributed by atoms with Crippen LogP contribution in [0.5, 0.6) is 0 Å². The molecule has 2 N–H and O–H groups in total. The number of rotatable bonds is 3. The zero-order chi connectivity index (χ0) is 13.3. The predicted octanol–water partition coefficient (Wildman–Crippen LogP) is 2.73. The van der Waals surface area contributed by atoms with Crippen LogP contribution in [0.25, 0.3) is 0 Å². The van der Waals surface area contributed by atoms with E-state index >= 15 is 0 Å². The van der Waals surface area contributed by atoms with Gasteiger partial charge in [-0.3, -0.25) is 4.79 Å². The minimum atomic E-state index is -0.110. The summed E-state index contributed by atoms with van der Waals surface area (Å²) < 4.78 is 5.04. The molecule has 0 aromatic heterocycles. The molecule has 17 heavy (non-hydrogen) atoms. The minimum absolute atomic E-state index is 0.0955. The van der Waals surface area contributed by atoms with Crippen molar-refractivity contribution in [1.29, 1.82) is 0 Å². The van der Waals surface area contributed by atoms with Crippen molar-refractivity contribution >= 4 is 5.97 Å². The maximum atomic E-state index is 11.6. The molecule has 3 nitrogen and oxygen atoms in total. The SMILES string of the molecule is CCOC(=O)CC1C(N)CC(C)(C)CC1(C)C. The van der Waals surface area contributed by atoms with Crippen LogP contribution in [0.4, 0.5) is 0 Å². The average molecular weight is 241 g/mol. The highest BCUT2D eigenvalue weighted by Gasteiger charge is 2.45. The molecule has 2 atom stereocenters. The van der Waals surface area contributed by atoms with Crippen LogP contribution in [0.1, 0.15) is 53.9 Å². The summed E-state index contributed by atoms with van der Waals surface area (Å²) in [6.07, 6.45) is 2.55. The van der Waals surface area contributed by atoms with Crippen molar-refractivity contribution in [3.8, 4) is 0 Å². The summed E-state index contributed by atoms with van der Waals surface area (Å²) in [6, 6.07) is 0.0955. The second kappa shape index (κ2) is 4.97. The molecule has 0 radical (unpaired) electrons. The number of ether oxygens (including phenoxy) is 1. The van der Waals surface area contributed by atoms with Crippen molar-refractivity contribution in [1.82, 2.24) is 0 Å². The van der Waals surface area contributed by atoms with Gasteiger partial charge in [-0.1, -0.05) is 27.7 Å². The summed E-state index contributed by atoms with van der Waals surface area (Å²) in [7, 11) is 0. The van der Waals surface area contributed by atoms with Gasteiger partial charge < -0.3 is 10.5 Å². The van der Waals surface area contributed by atoms with Crippen LogP contribution in [0, 0.1) is 16.7 Å². The Bertz CT molecular complexity index is 284. The molecule has 0 aromatic carbocycles. The topological polar surface area (TPSA) is 52.3 Å². The summed E-state index contributed by atoms with van der Waals surface area (Å²) in [4.78, 5) is 11.6. The molecule has 1 saturated carbocycles. The normalized spacial score (nSPS) is 30.9. The minimum Gasteiger partial charge on any atom is -0.466 e. The average Bonchev–Trinajstić information content (AvgIpc) is 2.09. The van der Waals surface area contributed by atoms with Gasteiger partial charge in [-0.15, -0.1) is 0 Å². The van der Waals surface area contributed by atoms with Crippen molar-refractivity contribution in [2.45, 2.75) is 59.9 Å². The molecule has 3 heteroatoms. The summed E-state index contributed by atoms with van der Waals surface area (Å²) in [5, 5.41) is 0. The van der Waals surface area contributed by atoms with Gasteiger partial charge >= 0.3 is 5.97 Å². The molecule has 1 rings (SSSR count). The molecule has 1 fully saturated rings. The Morgan fingerprint density at radius 1 is 1.35 bits per heavy atom. The van der Waals surface area contributed by atoms with E-state index in [2.05, 4.69) is 27.7 Å². The maximum Gasteiger partial charge on any atom is 0.306 e. The highest BCUT2D eigenvalue weighted by atomic mass is 16.5. The highest BCUT2D eigenvalue weighted by molar-refractivity contribution is 5.69. The van der Waals surface area contributed by atoms with Crippen molar-refractivity contribution in [2.75, 3.05) is 6.61 Å². The van der Waals surface area contributed by atoms with Gasteiger partial charge in [0.15, 0.2) is 0 Å². The van der Waals surface area contributed by atoms with E-state index in [0.717, 1.165) is 12.8 Å². The highest BCUT2D eigenvalue weighted by Crippen LogP contribution is 2.49. The Labute approximate surface area is 105 Å². The van der Waals surface area contributed by atoms with E-state index in [1.807, 2.05) is 6.92 Å². The van der Waals surface area contributed by atoms with E-state index in [9.17, 15) is 4.79 Å². The second-order valence-electron chi connectivity index (χ2n) is 6.81. The Hall–Kier alpha value is -0.570. The van der Waals surface area contributed by atoms with Crippen molar-refractivity contribution in [3.63, 3.8) is 0 Å². The van der Waals surface area contributed by atoms with Crippen molar-refractivity contribution < 1.29 is 9.53 Å². The molecule has 0 aromatic rings. The number of hydrogen-bond acceptors (Lipinski definition) is 3. The molecule has 100 valence electrons. The van der Waals surface area contributed by atoms with Gasteiger partial charge in [-0.2, -0.15) is 0 Å². The lowest BCUT2D eigenvalue weighted by Gasteiger charge is -2.49. The first kappa shape index (κ1) is 14.5. The fourth-order valence-electron chi connectivity index (χ4n) is 3.62. The number of carbonyl (C=O) groups excluding carboxylic acids is 1. The maximum absolute atomic E-state index is 11.6. The van der Waals surface area contributed by atoms with Gasteiger partial charge in [0.25, 0.3) is 0 Å². The van der Waals surface area contributed by atoms with Crippen LogP contribution < -0.4 is 5.73 Å². The molecular formula is C14H27NO2. The molecule has 1 aliphatic rings. The molecule has 0 heterocycles. The van der Waals surface area contributed by atoms with Crippen LogP contribution in [0.2, 0.25) is 0 Å². The fourth-order valence-corrected chi connectivity index (χ4v) is 3.62. The zero-order valence-corrected chi connectivity index (χ0v) is 11.9. The zero-order valence-electron chi connectivity index (χ0n) is 11.9. The smallest absolute Gasteiger partial charge is 0.306 e. The Morgan fingerprint density at radius 3 is 2.41 bits per heavy atom. The monoisotopic (exact) mass is 241 g/mol. The Kier molecular flexibility index (Phi) is 4.23. The third-order valence-electron chi connectivity index (χ3n) is 3.93. The van der Waals surface area contributed by atoms with E-state index in [4.69, 9.17) is 10.5 Å². The van der Waals surface area contributed by atoms with Crippen LogP contribution >= 0.6 is 0 Å². The molecule has 2 unspecified atom stereocenters. The standard InChI is InChI=1S/C14H27NO2/c1-6-17-12(16)7-10-11(15)8-13(2,3)9-14(10,4)5/h10-11H,6-9,15H2,1-5H3. The number of carbonyl (C=O) groups is 1. The first-order valence-corrected chi connectivity index (χ1v) is 6.59. The number of esters is 1. The molecular weight excluding hydrogens is 214 g/mol. The van der Waals surface area contributed by atoms with E-state index in [1.54, 1.807) is 0 Å². The molecule has 0 saturated heterocycles. The number of hydrogen-bond donors (Lipinski definition) is 1. The molecule has 0 spiro atoms. The van der Waals surface area contributed by atoms with Gasteiger partial charge in [0.05, 0.1) is 13.0 Å². The second-order valence-corrected chi connectivity index (χ2v) is 6.81. The third-order valence-corrected chi connectivity index (χ3v) is 3.93. The fraction of sp³-hybridized carbons (Fsp3) is 0.929. The van der Waals surface area contributed by atoms with E-state index in [-0.39, 0.29) is 28.8 Å².